The Morgan fingerprint density at radius 2 is 1.59 bits per heavy atom. The summed E-state index contributed by atoms with van der Waals surface area (Å²) in [4.78, 5) is 27.0. The van der Waals surface area contributed by atoms with Crippen molar-refractivity contribution < 1.29 is 9.59 Å². The van der Waals surface area contributed by atoms with Crippen LogP contribution >= 0.6 is 0 Å². The van der Waals surface area contributed by atoms with Gasteiger partial charge in [-0.1, -0.05) is 50.2 Å². The van der Waals surface area contributed by atoms with Crippen LogP contribution in [0.4, 0.5) is 0 Å². The second-order valence-corrected chi connectivity index (χ2v) is 6.60. The van der Waals surface area contributed by atoms with Gasteiger partial charge in [0.25, 0.3) is 11.8 Å². The molecule has 2 aromatic carbocycles. The van der Waals surface area contributed by atoms with E-state index in [-0.39, 0.29) is 17.9 Å². The minimum Gasteiger partial charge on any atom is -0.350 e. The van der Waals surface area contributed by atoms with Crippen LogP contribution in [0.2, 0.25) is 0 Å². The minimum atomic E-state index is -0.274. The standard InChI is InChI=1S/C22H29N3O2/c1-3-13-25(14-4-2)22(27)19-12-8-11-18(15-19)21(26)24-16-20(23)17-9-6-5-7-10-17/h5-12,15,20H,3-4,13-14,16,23H2,1-2H3,(H,24,26). The summed E-state index contributed by atoms with van der Waals surface area (Å²) in [6, 6.07) is 16.2. The maximum Gasteiger partial charge on any atom is 0.253 e. The number of carbonyl (C=O) groups is 2. The molecule has 5 heteroatoms. The molecule has 0 aromatic heterocycles. The van der Waals surface area contributed by atoms with Crippen molar-refractivity contribution in [2.24, 2.45) is 5.73 Å². The zero-order chi connectivity index (χ0) is 19.6. The molecule has 1 unspecified atom stereocenters. The number of nitrogens with two attached hydrogens (primary N) is 1. The van der Waals surface area contributed by atoms with Crippen LogP contribution < -0.4 is 11.1 Å². The van der Waals surface area contributed by atoms with Crippen LogP contribution in [0.3, 0.4) is 0 Å². The van der Waals surface area contributed by atoms with Crippen LogP contribution in [-0.2, 0) is 0 Å². The Morgan fingerprint density at radius 3 is 2.22 bits per heavy atom. The van der Waals surface area contributed by atoms with E-state index in [2.05, 4.69) is 19.2 Å². The highest BCUT2D eigenvalue weighted by Crippen LogP contribution is 2.11. The van der Waals surface area contributed by atoms with Gasteiger partial charge in [0.1, 0.15) is 0 Å². The molecule has 0 fully saturated rings. The van der Waals surface area contributed by atoms with Gasteiger partial charge in [-0.25, -0.2) is 0 Å². The third-order valence-electron chi connectivity index (χ3n) is 4.36. The lowest BCUT2D eigenvalue weighted by atomic mass is 10.1. The van der Waals surface area contributed by atoms with Gasteiger partial charge >= 0.3 is 0 Å². The number of hydrogen-bond acceptors (Lipinski definition) is 3. The van der Waals surface area contributed by atoms with E-state index < -0.39 is 0 Å². The second-order valence-electron chi connectivity index (χ2n) is 6.60. The number of nitrogens with one attached hydrogen (secondary N) is 1. The van der Waals surface area contributed by atoms with E-state index in [1.807, 2.05) is 35.2 Å². The van der Waals surface area contributed by atoms with Crippen LogP contribution in [0.5, 0.6) is 0 Å². The fourth-order valence-corrected chi connectivity index (χ4v) is 2.95. The smallest absolute Gasteiger partial charge is 0.253 e. The molecule has 144 valence electrons. The van der Waals surface area contributed by atoms with Gasteiger partial charge in [-0.2, -0.15) is 0 Å². The molecule has 0 aliphatic rings. The van der Waals surface area contributed by atoms with Crippen molar-refractivity contribution in [3.63, 3.8) is 0 Å². The van der Waals surface area contributed by atoms with Crippen molar-refractivity contribution in [2.75, 3.05) is 19.6 Å². The summed E-state index contributed by atoms with van der Waals surface area (Å²) in [6.07, 6.45) is 1.81. The van der Waals surface area contributed by atoms with Gasteiger partial charge in [-0.15, -0.1) is 0 Å². The molecule has 27 heavy (non-hydrogen) atoms. The first-order chi connectivity index (χ1) is 13.1. The molecule has 0 bridgehead atoms. The van der Waals surface area contributed by atoms with Gasteiger partial charge < -0.3 is 16.0 Å². The van der Waals surface area contributed by atoms with Crippen molar-refractivity contribution in [1.29, 1.82) is 0 Å². The number of hydrogen-bond donors (Lipinski definition) is 2. The Kier molecular flexibility index (Phi) is 8.01. The molecule has 3 N–H and O–H groups in total. The van der Waals surface area contributed by atoms with Crippen LogP contribution in [0.25, 0.3) is 0 Å². The summed E-state index contributed by atoms with van der Waals surface area (Å²) in [5, 5.41) is 2.85. The van der Waals surface area contributed by atoms with Crippen molar-refractivity contribution in [3.8, 4) is 0 Å². The fraction of sp³-hybridized carbons (Fsp3) is 0.364. The first-order valence-corrected chi connectivity index (χ1v) is 9.54. The van der Waals surface area contributed by atoms with E-state index in [9.17, 15) is 9.59 Å². The summed E-state index contributed by atoms with van der Waals surface area (Å²) in [6.45, 7) is 5.87. The molecule has 0 saturated carbocycles. The number of nitrogens with zero attached hydrogens (tertiary/aromatic N) is 1. The molecule has 5 nitrogen and oxygen atoms in total. The van der Waals surface area contributed by atoms with Crippen molar-refractivity contribution in [1.82, 2.24) is 10.2 Å². The Balaban J connectivity index is 2.03. The topological polar surface area (TPSA) is 75.4 Å². The van der Waals surface area contributed by atoms with Gasteiger partial charge in [0.15, 0.2) is 0 Å². The Hall–Kier alpha value is -2.66. The van der Waals surface area contributed by atoms with Gasteiger partial charge in [0.2, 0.25) is 0 Å². The number of amides is 2. The van der Waals surface area contributed by atoms with Crippen molar-refractivity contribution >= 4 is 11.8 Å². The highest BCUT2D eigenvalue weighted by atomic mass is 16.2. The van der Waals surface area contributed by atoms with E-state index in [1.165, 1.54) is 0 Å². The molecule has 0 aliphatic heterocycles. The quantitative estimate of drug-likeness (QED) is 0.713. The Morgan fingerprint density at radius 1 is 0.963 bits per heavy atom. The zero-order valence-electron chi connectivity index (χ0n) is 16.2. The third kappa shape index (κ3) is 5.93. The Labute approximate surface area is 161 Å². The number of carbonyl (C=O) groups excluding carboxylic acids is 2. The summed E-state index contributed by atoms with van der Waals surface area (Å²) in [5.74, 6) is -0.261. The molecule has 2 rings (SSSR count). The summed E-state index contributed by atoms with van der Waals surface area (Å²) < 4.78 is 0. The molecule has 0 radical (unpaired) electrons. The van der Waals surface area contributed by atoms with Gasteiger partial charge in [0, 0.05) is 36.8 Å². The fourth-order valence-electron chi connectivity index (χ4n) is 2.95. The first-order valence-electron chi connectivity index (χ1n) is 9.54. The van der Waals surface area contributed by atoms with E-state index >= 15 is 0 Å². The van der Waals surface area contributed by atoms with Crippen LogP contribution in [0, 0.1) is 0 Å². The zero-order valence-corrected chi connectivity index (χ0v) is 16.2. The third-order valence-corrected chi connectivity index (χ3v) is 4.36. The van der Waals surface area contributed by atoms with E-state index in [0.717, 1.165) is 31.5 Å². The van der Waals surface area contributed by atoms with Crippen LogP contribution in [0.1, 0.15) is 59.0 Å². The molecule has 0 saturated heterocycles. The van der Waals surface area contributed by atoms with Crippen molar-refractivity contribution in [2.45, 2.75) is 32.7 Å². The molecule has 2 aromatic rings. The molecule has 0 spiro atoms. The van der Waals surface area contributed by atoms with Gasteiger partial charge in [0.05, 0.1) is 0 Å². The summed E-state index contributed by atoms with van der Waals surface area (Å²) in [5.41, 5.74) is 8.10. The maximum absolute atomic E-state index is 12.7. The predicted molar refractivity (Wildman–Crippen MR) is 109 cm³/mol. The van der Waals surface area contributed by atoms with E-state index in [1.54, 1.807) is 24.3 Å². The first kappa shape index (κ1) is 20.6. The Bertz CT molecular complexity index is 740. The summed E-state index contributed by atoms with van der Waals surface area (Å²) >= 11 is 0. The lowest BCUT2D eigenvalue weighted by Crippen LogP contribution is -2.33. The van der Waals surface area contributed by atoms with Gasteiger partial charge in [-0.3, -0.25) is 9.59 Å². The lowest BCUT2D eigenvalue weighted by molar-refractivity contribution is 0.0755. The summed E-state index contributed by atoms with van der Waals surface area (Å²) in [7, 11) is 0. The van der Waals surface area contributed by atoms with Crippen molar-refractivity contribution in [3.05, 3.63) is 71.3 Å². The van der Waals surface area contributed by atoms with Gasteiger partial charge in [-0.05, 0) is 36.6 Å². The second kappa shape index (κ2) is 10.5. The van der Waals surface area contributed by atoms with E-state index in [4.69, 9.17) is 5.73 Å². The average molecular weight is 367 g/mol. The molecule has 0 aliphatic carbocycles. The molecular weight excluding hydrogens is 338 g/mol. The highest BCUT2D eigenvalue weighted by molar-refractivity contribution is 5.99. The minimum absolute atomic E-state index is 0.0330. The van der Waals surface area contributed by atoms with E-state index in [0.29, 0.717) is 17.7 Å². The largest absolute Gasteiger partial charge is 0.350 e. The number of rotatable bonds is 9. The van der Waals surface area contributed by atoms with Crippen LogP contribution in [-0.4, -0.2) is 36.3 Å². The predicted octanol–water partition coefficient (Wildman–Crippen LogP) is 3.38. The molecule has 2 amide bonds. The monoisotopic (exact) mass is 367 g/mol. The average Bonchev–Trinajstić information content (AvgIpc) is 2.71. The highest BCUT2D eigenvalue weighted by Gasteiger charge is 2.16. The SMILES string of the molecule is CCCN(CCC)C(=O)c1cccc(C(=O)NCC(N)c2ccccc2)c1. The maximum atomic E-state index is 12.7. The number of benzene rings is 2. The molecule has 1 atom stereocenters. The lowest BCUT2D eigenvalue weighted by Gasteiger charge is -2.21. The molecule has 0 heterocycles. The molecular formula is C22H29N3O2. The van der Waals surface area contributed by atoms with Crippen LogP contribution in [0.15, 0.2) is 54.6 Å². The normalized spacial score (nSPS) is 11.7.